The SMILES string of the molecule is NCc1[c]ccc(OCCCN[SH](=O)=O)c1. The van der Waals surface area contributed by atoms with E-state index in [1.807, 2.05) is 6.07 Å². The topological polar surface area (TPSA) is 81.4 Å². The molecule has 0 amide bonds. The molecule has 0 unspecified atom stereocenters. The number of nitrogens with two attached hydrogens (primary N) is 1. The fourth-order valence-electron chi connectivity index (χ4n) is 1.13. The summed E-state index contributed by atoms with van der Waals surface area (Å²) >= 11 is 0. The fourth-order valence-corrected chi connectivity index (χ4v) is 1.47. The van der Waals surface area contributed by atoms with Crippen molar-refractivity contribution in [3.63, 3.8) is 0 Å². The number of ether oxygens (including phenoxy) is 1. The molecule has 0 fully saturated rings. The molecule has 89 valence electrons. The molecule has 1 radical (unpaired) electrons. The molecular formula is C10H15N2O3S. The average molecular weight is 243 g/mol. The molecule has 0 aliphatic carbocycles. The number of thiol groups is 1. The minimum Gasteiger partial charge on any atom is -0.494 e. The molecule has 0 saturated carbocycles. The van der Waals surface area contributed by atoms with Gasteiger partial charge in [-0.2, -0.15) is 0 Å². The third-order valence-corrected chi connectivity index (χ3v) is 2.37. The summed E-state index contributed by atoms with van der Waals surface area (Å²) in [7, 11) is -2.51. The van der Waals surface area contributed by atoms with Crippen LogP contribution in [0.3, 0.4) is 0 Å². The lowest BCUT2D eigenvalue weighted by Gasteiger charge is -2.06. The zero-order valence-corrected chi connectivity index (χ0v) is 9.70. The van der Waals surface area contributed by atoms with Crippen molar-refractivity contribution >= 4 is 10.9 Å². The normalized spacial score (nSPS) is 10.6. The van der Waals surface area contributed by atoms with Gasteiger partial charge in [0.1, 0.15) is 5.75 Å². The van der Waals surface area contributed by atoms with E-state index in [9.17, 15) is 8.42 Å². The summed E-state index contributed by atoms with van der Waals surface area (Å²) in [5.41, 5.74) is 6.35. The quantitative estimate of drug-likeness (QED) is 0.459. The monoisotopic (exact) mass is 243 g/mol. The second-order valence-electron chi connectivity index (χ2n) is 3.12. The molecule has 1 aromatic carbocycles. The van der Waals surface area contributed by atoms with E-state index in [2.05, 4.69) is 10.8 Å². The Morgan fingerprint density at radius 3 is 3.00 bits per heavy atom. The first-order valence-electron chi connectivity index (χ1n) is 4.93. The fraction of sp³-hybridized carbons (Fsp3) is 0.400. The summed E-state index contributed by atoms with van der Waals surface area (Å²) in [6.45, 7) is 1.28. The van der Waals surface area contributed by atoms with Crippen molar-refractivity contribution in [2.75, 3.05) is 13.2 Å². The lowest BCUT2D eigenvalue weighted by Crippen LogP contribution is -2.15. The largest absolute Gasteiger partial charge is 0.494 e. The Balaban J connectivity index is 2.26. The molecule has 5 nitrogen and oxygen atoms in total. The molecule has 6 heteroatoms. The molecule has 0 aliphatic heterocycles. The highest BCUT2D eigenvalue weighted by Gasteiger charge is 1.96. The van der Waals surface area contributed by atoms with Crippen LogP contribution in [0.2, 0.25) is 0 Å². The predicted molar refractivity (Wildman–Crippen MR) is 61.6 cm³/mol. The Bertz CT molecular complexity index is 385. The molecule has 1 rings (SSSR count). The van der Waals surface area contributed by atoms with Gasteiger partial charge < -0.3 is 10.5 Å². The van der Waals surface area contributed by atoms with Crippen LogP contribution >= 0.6 is 0 Å². The Labute approximate surface area is 96.7 Å². The zero-order chi connectivity index (χ0) is 11.8. The highest BCUT2D eigenvalue weighted by molar-refractivity contribution is 7.70. The van der Waals surface area contributed by atoms with Crippen LogP contribution in [-0.2, 0) is 17.4 Å². The van der Waals surface area contributed by atoms with Gasteiger partial charge in [0.25, 0.3) is 0 Å². The summed E-state index contributed by atoms with van der Waals surface area (Å²) < 4.78 is 28.1. The number of hydrogen-bond acceptors (Lipinski definition) is 4. The minimum absolute atomic E-state index is 0.390. The van der Waals surface area contributed by atoms with Crippen LogP contribution in [0.4, 0.5) is 0 Å². The number of nitrogens with one attached hydrogen (secondary N) is 1. The molecule has 0 aromatic heterocycles. The number of hydrogen-bond donors (Lipinski definition) is 3. The van der Waals surface area contributed by atoms with Crippen molar-refractivity contribution in [1.29, 1.82) is 0 Å². The lowest BCUT2D eigenvalue weighted by atomic mass is 10.2. The smallest absolute Gasteiger partial charge is 0.201 e. The second-order valence-corrected chi connectivity index (χ2v) is 3.95. The lowest BCUT2D eigenvalue weighted by molar-refractivity contribution is 0.311. The molecule has 1 aromatic rings. The molecule has 0 saturated heterocycles. The van der Waals surface area contributed by atoms with E-state index >= 15 is 0 Å². The van der Waals surface area contributed by atoms with Crippen molar-refractivity contribution in [2.45, 2.75) is 13.0 Å². The van der Waals surface area contributed by atoms with Gasteiger partial charge in [0, 0.05) is 13.1 Å². The van der Waals surface area contributed by atoms with Gasteiger partial charge in [-0.3, -0.25) is 0 Å². The van der Waals surface area contributed by atoms with Crippen LogP contribution in [0, 0.1) is 6.07 Å². The third kappa shape index (κ3) is 5.11. The average Bonchev–Trinajstić information content (AvgIpc) is 2.28. The second kappa shape index (κ2) is 7.21. The maximum Gasteiger partial charge on any atom is 0.201 e. The summed E-state index contributed by atoms with van der Waals surface area (Å²) in [4.78, 5) is 0. The molecule has 0 aliphatic rings. The van der Waals surface area contributed by atoms with Crippen LogP contribution in [0.5, 0.6) is 5.75 Å². The van der Waals surface area contributed by atoms with Crippen molar-refractivity contribution < 1.29 is 13.2 Å². The molecule has 16 heavy (non-hydrogen) atoms. The van der Waals surface area contributed by atoms with Gasteiger partial charge in [-0.05, 0) is 30.2 Å². The summed E-state index contributed by atoms with van der Waals surface area (Å²) in [5, 5.41) is 0. The Morgan fingerprint density at radius 1 is 1.50 bits per heavy atom. The van der Waals surface area contributed by atoms with Crippen molar-refractivity contribution in [2.24, 2.45) is 5.73 Å². The Morgan fingerprint density at radius 2 is 2.31 bits per heavy atom. The first kappa shape index (κ1) is 13.0. The van der Waals surface area contributed by atoms with E-state index < -0.39 is 10.9 Å². The van der Waals surface area contributed by atoms with E-state index in [1.165, 1.54) is 0 Å². The molecule has 0 heterocycles. The van der Waals surface area contributed by atoms with Gasteiger partial charge in [-0.25, -0.2) is 13.1 Å². The molecule has 3 N–H and O–H groups in total. The van der Waals surface area contributed by atoms with Gasteiger partial charge >= 0.3 is 0 Å². The van der Waals surface area contributed by atoms with E-state index in [4.69, 9.17) is 10.5 Å². The van der Waals surface area contributed by atoms with Crippen LogP contribution in [0.25, 0.3) is 0 Å². The molecular weight excluding hydrogens is 228 g/mol. The molecule has 0 bridgehead atoms. The minimum atomic E-state index is -2.51. The number of benzene rings is 1. The van der Waals surface area contributed by atoms with Gasteiger partial charge in [-0.1, -0.05) is 6.07 Å². The first-order valence-corrected chi connectivity index (χ1v) is 6.11. The van der Waals surface area contributed by atoms with Crippen LogP contribution < -0.4 is 15.2 Å². The standard InChI is InChI=1S/C10H15N2O3S/c11-8-9-3-1-4-10(7-9)15-6-2-5-12-16(13)14/h1,4,7,16H,2,5-6,8,11H2,(H,12,13,14). The Kier molecular flexibility index (Phi) is 5.84. The van der Waals surface area contributed by atoms with Gasteiger partial charge in [-0.15, -0.1) is 0 Å². The first-order chi connectivity index (χ1) is 7.72. The van der Waals surface area contributed by atoms with E-state index in [-0.39, 0.29) is 0 Å². The third-order valence-electron chi connectivity index (χ3n) is 1.88. The zero-order valence-electron chi connectivity index (χ0n) is 8.81. The summed E-state index contributed by atoms with van der Waals surface area (Å²) in [6.07, 6.45) is 0.625. The highest BCUT2D eigenvalue weighted by Crippen LogP contribution is 2.12. The maximum atomic E-state index is 10.2. The maximum absolute atomic E-state index is 10.2. The van der Waals surface area contributed by atoms with Crippen LogP contribution in [-0.4, -0.2) is 21.6 Å². The van der Waals surface area contributed by atoms with Crippen LogP contribution in [0.15, 0.2) is 18.2 Å². The van der Waals surface area contributed by atoms with Crippen molar-refractivity contribution in [1.82, 2.24) is 4.72 Å². The summed E-state index contributed by atoms with van der Waals surface area (Å²) in [5.74, 6) is 0.728. The highest BCUT2D eigenvalue weighted by atomic mass is 32.2. The van der Waals surface area contributed by atoms with Crippen molar-refractivity contribution in [3.05, 3.63) is 29.8 Å². The van der Waals surface area contributed by atoms with Gasteiger partial charge in [0.2, 0.25) is 10.9 Å². The van der Waals surface area contributed by atoms with E-state index in [0.717, 1.165) is 11.3 Å². The Hall–Kier alpha value is -1.11. The molecule has 0 atom stereocenters. The molecule has 0 spiro atoms. The van der Waals surface area contributed by atoms with E-state index in [0.29, 0.717) is 26.1 Å². The predicted octanol–water partition coefficient (Wildman–Crippen LogP) is -0.170. The van der Waals surface area contributed by atoms with Gasteiger partial charge in [0.15, 0.2) is 0 Å². The van der Waals surface area contributed by atoms with Gasteiger partial charge in [0.05, 0.1) is 6.61 Å². The van der Waals surface area contributed by atoms with Crippen molar-refractivity contribution in [3.8, 4) is 5.75 Å². The summed E-state index contributed by atoms with van der Waals surface area (Å²) in [6, 6.07) is 8.35. The number of rotatable bonds is 7. The van der Waals surface area contributed by atoms with Crippen LogP contribution in [0.1, 0.15) is 12.0 Å². The van der Waals surface area contributed by atoms with E-state index in [1.54, 1.807) is 12.1 Å².